The number of rotatable bonds is 4. The molecule has 0 aliphatic carbocycles. The summed E-state index contributed by atoms with van der Waals surface area (Å²) in [5.74, 6) is 0.741. The molecule has 98 valence electrons. The molecule has 0 aliphatic rings. The summed E-state index contributed by atoms with van der Waals surface area (Å²) in [5, 5.41) is 6.01. The summed E-state index contributed by atoms with van der Waals surface area (Å²) >= 11 is 0. The maximum Gasteiger partial charge on any atom is 0.224 e. The van der Waals surface area contributed by atoms with E-state index in [4.69, 9.17) is 0 Å². The van der Waals surface area contributed by atoms with Crippen LogP contribution in [0.1, 0.15) is 18.9 Å². The molecule has 2 rings (SSSR count). The number of aromatic nitrogens is 1. The first-order chi connectivity index (χ1) is 9.19. The number of pyridine rings is 1. The first kappa shape index (κ1) is 13.1. The van der Waals surface area contributed by atoms with Gasteiger partial charge in [-0.05, 0) is 30.7 Å². The Kier molecular flexibility index (Phi) is 4.13. The molecular weight excluding hydrogens is 238 g/mol. The van der Waals surface area contributed by atoms with Crippen LogP contribution in [0.2, 0.25) is 0 Å². The van der Waals surface area contributed by atoms with Crippen LogP contribution < -0.4 is 10.6 Å². The minimum atomic E-state index is -0.0126. The molecular formula is C15H17N3O. The highest BCUT2D eigenvalue weighted by Gasteiger charge is 2.01. The van der Waals surface area contributed by atoms with Gasteiger partial charge in [-0.25, -0.2) is 4.98 Å². The maximum atomic E-state index is 11.2. The fourth-order valence-electron chi connectivity index (χ4n) is 1.64. The molecule has 0 unspecified atom stereocenters. The lowest BCUT2D eigenvalue weighted by molar-refractivity contribution is -0.115. The molecule has 19 heavy (non-hydrogen) atoms. The third kappa shape index (κ3) is 3.55. The highest BCUT2D eigenvalue weighted by atomic mass is 16.1. The second-order valence-electron chi connectivity index (χ2n) is 4.27. The van der Waals surface area contributed by atoms with Gasteiger partial charge >= 0.3 is 0 Å². The summed E-state index contributed by atoms with van der Waals surface area (Å²) in [5.41, 5.74) is 2.90. The number of nitrogens with one attached hydrogen (secondary N) is 2. The van der Waals surface area contributed by atoms with Crippen molar-refractivity contribution >= 4 is 23.1 Å². The Balaban J connectivity index is 2.07. The standard InChI is InChI=1S/C15H17N3O/c1-3-15(19)17-12-8-9-14(16-10-12)18-13-7-5-4-6-11(13)2/h4-10H,3H2,1-2H3,(H,16,18)(H,17,19). The lowest BCUT2D eigenvalue weighted by atomic mass is 10.2. The number of hydrogen-bond acceptors (Lipinski definition) is 3. The molecule has 0 saturated carbocycles. The van der Waals surface area contributed by atoms with E-state index in [1.807, 2.05) is 50.2 Å². The van der Waals surface area contributed by atoms with Crippen molar-refractivity contribution in [2.75, 3.05) is 10.6 Å². The van der Waals surface area contributed by atoms with Crippen LogP contribution in [-0.4, -0.2) is 10.9 Å². The Bertz CT molecular complexity index is 564. The topological polar surface area (TPSA) is 54.0 Å². The van der Waals surface area contributed by atoms with Crippen molar-refractivity contribution in [2.45, 2.75) is 20.3 Å². The number of carbonyl (C=O) groups is 1. The minimum absolute atomic E-state index is 0.0126. The highest BCUT2D eigenvalue weighted by molar-refractivity contribution is 5.90. The highest BCUT2D eigenvalue weighted by Crippen LogP contribution is 2.19. The molecule has 0 bridgehead atoms. The summed E-state index contributed by atoms with van der Waals surface area (Å²) in [6.45, 7) is 3.86. The number of carbonyl (C=O) groups excluding carboxylic acids is 1. The van der Waals surface area contributed by atoms with Gasteiger partial charge in [0, 0.05) is 12.1 Å². The van der Waals surface area contributed by atoms with Crippen molar-refractivity contribution in [1.29, 1.82) is 0 Å². The number of nitrogens with zero attached hydrogens (tertiary/aromatic N) is 1. The fourth-order valence-corrected chi connectivity index (χ4v) is 1.64. The normalized spacial score (nSPS) is 10.0. The van der Waals surface area contributed by atoms with Crippen LogP contribution in [-0.2, 0) is 4.79 Å². The molecule has 0 atom stereocenters. The number of benzene rings is 1. The van der Waals surface area contributed by atoms with Gasteiger partial charge in [-0.15, -0.1) is 0 Å². The third-order valence-corrected chi connectivity index (χ3v) is 2.78. The number of anilines is 3. The van der Waals surface area contributed by atoms with E-state index in [1.54, 1.807) is 6.20 Å². The van der Waals surface area contributed by atoms with Gasteiger partial charge in [-0.1, -0.05) is 25.1 Å². The molecule has 2 aromatic rings. The van der Waals surface area contributed by atoms with Gasteiger partial charge < -0.3 is 10.6 Å². The summed E-state index contributed by atoms with van der Waals surface area (Å²) in [6, 6.07) is 11.7. The number of amides is 1. The summed E-state index contributed by atoms with van der Waals surface area (Å²) in [6.07, 6.45) is 2.11. The summed E-state index contributed by atoms with van der Waals surface area (Å²) in [4.78, 5) is 15.5. The van der Waals surface area contributed by atoms with Crippen LogP contribution in [0.5, 0.6) is 0 Å². The van der Waals surface area contributed by atoms with Crippen LogP contribution >= 0.6 is 0 Å². The molecule has 1 aromatic carbocycles. The van der Waals surface area contributed by atoms with Gasteiger partial charge in [0.05, 0.1) is 11.9 Å². The van der Waals surface area contributed by atoms with Crippen molar-refractivity contribution in [3.63, 3.8) is 0 Å². The van der Waals surface area contributed by atoms with Gasteiger partial charge in [0.1, 0.15) is 5.82 Å². The molecule has 1 amide bonds. The molecule has 4 heteroatoms. The van der Waals surface area contributed by atoms with Gasteiger partial charge in [-0.3, -0.25) is 4.79 Å². The Morgan fingerprint density at radius 3 is 2.63 bits per heavy atom. The molecule has 0 fully saturated rings. The summed E-state index contributed by atoms with van der Waals surface area (Å²) < 4.78 is 0. The van der Waals surface area contributed by atoms with E-state index in [0.29, 0.717) is 12.1 Å². The molecule has 1 heterocycles. The molecule has 4 nitrogen and oxygen atoms in total. The lowest BCUT2D eigenvalue weighted by Crippen LogP contribution is -2.09. The van der Waals surface area contributed by atoms with E-state index < -0.39 is 0 Å². The first-order valence-electron chi connectivity index (χ1n) is 6.27. The zero-order valence-electron chi connectivity index (χ0n) is 11.1. The van der Waals surface area contributed by atoms with E-state index in [-0.39, 0.29) is 5.91 Å². The van der Waals surface area contributed by atoms with Crippen molar-refractivity contribution in [2.24, 2.45) is 0 Å². The smallest absolute Gasteiger partial charge is 0.224 e. The minimum Gasteiger partial charge on any atom is -0.340 e. The van der Waals surface area contributed by atoms with Gasteiger partial charge in [0.15, 0.2) is 0 Å². The number of para-hydroxylation sites is 1. The van der Waals surface area contributed by atoms with Gasteiger partial charge in [-0.2, -0.15) is 0 Å². The van der Waals surface area contributed by atoms with E-state index in [0.717, 1.165) is 17.1 Å². The number of aryl methyl sites for hydroxylation is 1. The van der Waals surface area contributed by atoms with Crippen LogP contribution in [0.3, 0.4) is 0 Å². The van der Waals surface area contributed by atoms with Crippen molar-refractivity contribution in [1.82, 2.24) is 4.98 Å². The quantitative estimate of drug-likeness (QED) is 0.879. The molecule has 0 spiro atoms. The average Bonchev–Trinajstić information content (AvgIpc) is 2.43. The Hall–Kier alpha value is -2.36. The van der Waals surface area contributed by atoms with Gasteiger partial charge in [0.2, 0.25) is 5.91 Å². The lowest BCUT2D eigenvalue weighted by Gasteiger charge is -2.09. The first-order valence-corrected chi connectivity index (χ1v) is 6.27. The van der Waals surface area contributed by atoms with Crippen molar-refractivity contribution < 1.29 is 4.79 Å². The molecule has 1 aromatic heterocycles. The van der Waals surface area contributed by atoms with Crippen molar-refractivity contribution in [3.8, 4) is 0 Å². The molecule has 0 aliphatic heterocycles. The monoisotopic (exact) mass is 255 g/mol. The predicted octanol–water partition coefficient (Wildman–Crippen LogP) is 3.48. The van der Waals surface area contributed by atoms with E-state index >= 15 is 0 Å². The van der Waals surface area contributed by atoms with E-state index in [1.165, 1.54) is 0 Å². The second-order valence-corrected chi connectivity index (χ2v) is 4.27. The predicted molar refractivity (Wildman–Crippen MR) is 77.6 cm³/mol. The van der Waals surface area contributed by atoms with Crippen LogP contribution in [0.25, 0.3) is 0 Å². The second kappa shape index (κ2) is 6.00. The van der Waals surface area contributed by atoms with Crippen LogP contribution in [0.15, 0.2) is 42.6 Å². The molecule has 2 N–H and O–H groups in total. The Morgan fingerprint density at radius 1 is 1.21 bits per heavy atom. The fraction of sp³-hybridized carbons (Fsp3) is 0.200. The Morgan fingerprint density at radius 2 is 2.00 bits per heavy atom. The van der Waals surface area contributed by atoms with Gasteiger partial charge in [0.25, 0.3) is 0 Å². The largest absolute Gasteiger partial charge is 0.340 e. The number of hydrogen-bond donors (Lipinski definition) is 2. The van der Waals surface area contributed by atoms with Crippen LogP contribution in [0, 0.1) is 6.92 Å². The summed E-state index contributed by atoms with van der Waals surface area (Å²) in [7, 11) is 0. The average molecular weight is 255 g/mol. The molecule has 0 radical (unpaired) electrons. The van der Waals surface area contributed by atoms with E-state index in [9.17, 15) is 4.79 Å². The maximum absolute atomic E-state index is 11.2. The SMILES string of the molecule is CCC(=O)Nc1ccc(Nc2ccccc2C)nc1. The zero-order valence-corrected chi connectivity index (χ0v) is 11.1. The molecule has 0 saturated heterocycles. The third-order valence-electron chi connectivity index (χ3n) is 2.78. The zero-order chi connectivity index (χ0) is 13.7. The van der Waals surface area contributed by atoms with Crippen molar-refractivity contribution in [3.05, 3.63) is 48.2 Å². The van der Waals surface area contributed by atoms with E-state index in [2.05, 4.69) is 15.6 Å². The van der Waals surface area contributed by atoms with Crippen LogP contribution in [0.4, 0.5) is 17.2 Å². The Labute approximate surface area is 112 Å².